The van der Waals surface area contributed by atoms with Crippen molar-refractivity contribution in [3.63, 3.8) is 0 Å². The Hall–Kier alpha value is -1.39. The molecule has 1 fully saturated rings. The number of nitrogens with zero attached hydrogens (tertiary/aromatic N) is 2. The molecule has 0 saturated carbocycles. The van der Waals surface area contributed by atoms with Gasteiger partial charge < -0.3 is 10.0 Å². The lowest BCUT2D eigenvalue weighted by atomic mass is 9.98. The average Bonchev–Trinajstić information content (AvgIpc) is 2.40. The lowest BCUT2D eigenvalue weighted by Crippen LogP contribution is -2.52. The minimum atomic E-state index is -0.713. The molecule has 2 rings (SSSR count). The summed E-state index contributed by atoms with van der Waals surface area (Å²) in [7, 11) is 2.08. The van der Waals surface area contributed by atoms with Crippen LogP contribution >= 0.6 is 0 Å². The number of aryl methyl sites for hydroxylation is 2. The van der Waals surface area contributed by atoms with E-state index in [-0.39, 0.29) is 0 Å². The summed E-state index contributed by atoms with van der Waals surface area (Å²) in [5.41, 5.74) is 3.51. The van der Waals surface area contributed by atoms with Gasteiger partial charge in [0.05, 0.1) is 0 Å². The third-order valence-corrected chi connectivity index (χ3v) is 4.18. The fourth-order valence-corrected chi connectivity index (χ4v) is 2.73. The van der Waals surface area contributed by atoms with Gasteiger partial charge in [0.2, 0.25) is 0 Å². The van der Waals surface area contributed by atoms with Crippen LogP contribution in [0.25, 0.3) is 0 Å². The first-order valence-electron chi connectivity index (χ1n) is 7.19. The quantitative estimate of drug-likeness (QED) is 0.906. The van der Waals surface area contributed by atoms with E-state index in [1.165, 1.54) is 11.1 Å². The standard InChI is InChI=1S/C16H24N2O2/c1-12-4-5-13(2)14(10-12)11-15(16(19)20)18-8-6-17(3)7-9-18/h4-5,10,15H,6-9,11H2,1-3H3,(H,19,20)/t15-/m1/s1. The number of carbonyl (C=O) groups is 1. The van der Waals surface area contributed by atoms with E-state index in [0.29, 0.717) is 6.42 Å². The van der Waals surface area contributed by atoms with E-state index in [0.717, 1.165) is 31.7 Å². The zero-order valence-corrected chi connectivity index (χ0v) is 12.6. The van der Waals surface area contributed by atoms with Crippen molar-refractivity contribution in [2.24, 2.45) is 0 Å². The maximum atomic E-state index is 11.6. The number of rotatable bonds is 4. The largest absolute Gasteiger partial charge is 0.480 e. The van der Waals surface area contributed by atoms with Gasteiger partial charge in [-0.05, 0) is 38.4 Å². The maximum Gasteiger partial charge on any atom is 0.321 e. The molecule has 1 aromatic rings. The molecule has 0 unspecified atom stereocenters. The SMILES string of the molecule is Cc1ccc(C)c(C[C@H](C(=O)O)N2CCN(C)CC2)c1. The second-order valence-corrected chi connectivity index (χ2v) is 5.83. The van der Waals surface area contributed by atoms with Crippen LogP contribution in [0, 0.1) is 13.8 Å². The lowest BCUT2D eigenvalue weighted by molar-refractivity contribution is -0.144. The summed E-state index contributed by atoms with van der Waals surface area (Å²) in [5.74, 6) is -0.713. The summed E-state index contributed by atoms with van der Waals surface area (Å²) in [5, 5.41) is 9.56. The van der Waals surface area contributed by atoms with Gasteiger partial charge >= 0.3 is 5.97 Å². The van der Waals surface area contributed by atoms with Gasteiger partial charge in [-0.2, -0.15) is 0 Å². The molecule has 0 spiro atoms. The summed E-state index contributed by atoms with van der Waals surface area (Å²) in [4.78, 5) is 16.0. The molecule has 4 nitrogen and oxygen atoms in total. The van der Waals surface area contributed by atoms with Crippen molar-refractivity contribution >= 4 is 5.97 Å². The Labute approximate surface area is 121 Å². The van der Waals surface area contributed by atoms with Crippen molar-refractivity contribution in [2.45, 2.75) is 26.3 Å². The highest BCUT2D eigenvalue weighted by molar-refractivity contribution is 5.74. The number of carboxylic acids is 1. The average molecular weight is 276 g/mol. The van der Waals surface area contributed by atoms with Gasteiger partial charge in [0, 0.05) is 26.2 Å². The Morgan fingerprint density at radius 3 is 2.50 bits per heavy atom. The topological polar surface area (TPSA) is 43.8 Å². The highest BCUT2D eigenvalue weighted by Crippen LogP contribution is 2.17. The van der Waals surface area contributed by atoms with Gasteiger partial charge in [0.25, 0.3) is 0 Å². The Morgan fingerprint density at radius 2 is 1.90 bits per heavy atom. The summed E-state index contributed by atoms with van der Waals surface area (Å²) in [6.07, 6.45) is 0.590. The van der Waals surface area contributed by atoms with Gasteiger partial charge in [0.15, 0.2) is 0 Å². The zero-order chi connectivity index (χ0) is 14.7. The van der Waals surface area contributed by atoms with Crippen LogP contribution in [0.15, 0.2) is 18.2 Å². The molecule has 1 aliphatic heterocycles. The molecule has 0 amide bonds. The van der Waals surface area contributed by atoms with Crippen LogP contribution in [0.1, 0.15) is 16.7 Å². The molecule has 20 heavy (non-hydrogen) atoms. The normalized spacial score (nSPS) is 18.9. The van der Waals surface area contributed by atoms with Crippen molar-refractivity contribution in [1.29, 1.82) is 0 Å². The Kier molecular flexibility index (Phi) is 4.78. The van der Waals surface area contributed by atoms with Gasteiger partial charge in [-0.25, -0.2) is 0 Å². The maximum absolute atomic E-state index is 11.6. The lowest BCUT2D eigenvalue weighted by Gasteiger charge is -2.36. The van der Waals surface area contributed by atoms with Crippen LogP contribution in [-0.4, -0.2) is 60.1 Å². The molecule has 1 atom stereocenters. The first-order valence-corrected chi connectivity index (χ1v) is 7.19. The number of piperazine rings is 1. The third kappa shape index (κ3) is 3.58. The van der Waals surface area contributed by atoms with Gasteiger partial charge in [-0.1, -0.05) is 23.8 Å². The van der Waals surface area contributed by atoms with Crippen LogP contribution in [0.4, 0.5) is 0 Å². The van der Waals surface area contributed by atoms with Crippen LogP contribution in [-0.2, 0) is 11.2 Å². The molecule has 0 aromatic heterocycles. The second kappa shape index (κ2) is 6.37. The van der Waals surface area contributed by atoms with E-state index < -0.39 is 12.0 Å². The molecule has 1 heterocycles. The van der Waals surface area contributed by atoms with Crippen molar-refractivity contribution in [2.75, 3.05) is 33.2 Å². The fraction of sp³-hybridized carbons (Fsp3) is 0.562. The second-order valence-electron chi connectivity index (χ2n) is 5.83. The van der Waals surface area contributed by atoms with E-state index >= 15 is 0 Å². The van der Waals surface area contributed by atoms with Crippen molar-refractivity contribution in [3.8, 4) is 0 Å². The molecule has 110 valence electrons. The molecule has 0 radical (unpaired) electrons. The summed E-state index contributed by atoms with van der Waals surface area (Å²) in [6.45, 7) is 7.65. The van der Waals surface area contributed by atoms with Crippen LogP contribution in [0.2, 0.25) is 0 Å². The molecular weight excluding hydrogens is 252 g/mol. The van der Waals surface area contributed by atoms with E-state index in [9.17, 15) is 9.90 Å². The Bertz CT molecular complexity index is 479. The van der Waals surface area contributed by atoms with E-state index in [1.807, 2.05) is 0 Å². The van der Waals surface area contributed by atoms with Crippen LogP contribution in [0.3, 0.4) is 0 Å². The molecule has 1 saturated heterocycles. The highest BCUT2D eigenvalue weighted by atomic mass is 16.4. The van der Waals surface area contributed by atoms with Gasteiger partial charge in [0.1, 0.15) is 6.04 Å². The van der Waals surface area contributed by atoms with Crippen molar-refractivity contribution in [1.82, 2.24) is 9.80 Å². The minimum Gasteiger partial charge on any atom is -0.480 e. The van der Waals surface area contributed by atoms with E-state index in [2.05, 4.69) is 48.9 Å². The van der Waals surface area contributed by atoms with Gasteiger partial charge in [-0.15, -0.1) is 0 Å². The van der Waals surface area contributed by atoms with Crippen molar-refractivity contribution in [3.05, 3.63) is 34.9 Å². The summed E-state index contributed by atoms with van der Waals surface area (Å²) in [6, 6.07) is 5.85. The smallest absolute Gasteiger partial charge is 0.321 e. The number of aliphatic carboxylic acids is 1. The number of hydrogen-bond donors (Lipinski definition) is 1. The molecule has 1 aliphatic rings. The third-order valence-electron chi connectivity index (χ3n) is 4.18. The molecule has 0 aliphatic carbocycles. The molecular formula is C16H24N2O2. The fourth-order valence-electron chi connectivity index (χ4n) is 2.73. The molecule has 1 N–H and O–H groups in total. The van der Waals surface area contributed by atoms with Crippen LogP contribution in [0.5, 0.6) is 0 Å². The summed E-state index contributed by atoms with van der Waals surface area (Å²) < 4.78 is 0. The highest BCUT2D eigenvalue weighted by Gasteiger charge is 2.28. The first-order chi connectivity index (χ1) is 9.47. The first kappa shape index (κ1) is 15.0. The summed E-state index contributed by atoms with van der Waals surface area (Å²) >= 11 is 0. The number of benzene rings is 1. The predicted molar refractivity (Wildman–Crippen MR) is 80.1 cm³/mol. The monoisotopic (exact) mass is 276 g/mol. The Morgan fingerprint density at radius 1 is 1.25 bits per heavy atom. The minimum absolute atomic E-state index is 0.413. The zero-order valence-electron chi connectivity index (χ0n) is 12.6. The number of likely N-dealkylation sites (N-methyl/N-ethyl adjacent to an activating group) is 1. The van der Waals surface area contributed by atoms with E-state index in [1.54, 1.807) is 0 Å². The molecule has 4 heteroatoms. The molecule has 0 bridgehead atoms. The van der Waals surface area contributed by atoms with E-state index in [4.69, 9.17) is 0 Å². The molecule has 1 aromatic carbocycles. The Balaban J connectivity index is 2.13. The number of carboxylic acid groups (broad SMARTS) is 1. The van der Waals surface area contributed by atoms with Gasteiger partial charge in [-0.3, -0.25) is 9.69 Å². The van der Waals surface area contributed by atoms with Crippen LogP contribution < -0.4 is 0 Å². The number of hydrogen-bond acceptors (Lipinski definition) is 3. The van der Waals surface area contributed by atoms with Crippen molar-refractivity contribution < 1.29 is 9.90 Å². The predicted octanol–water partition coefficient (Wildman–Crippen LogP) is 1.55.